The molecule has 2 atom stereocenters. The van der Waals surface area contributed by atoms with E-state index in [0.717, 1.165) is 6.07 Å². The number of hydrogen-bond donors (Lipinski definition) is 2. The molecule has 0 aliphatic carbocycles. The molecule has 2 aromatic rings. The van der Waals surface area contributed by atoms with Gasteiger partial charge in [-0.1, -0.05) is 5.92 Å². The zero-order valence-corrected chi connectivity index (χ0v) is 19.2. The number of carbonyl (C=O) groups is 1. The molecule has 0 saturated carbocycles. The van der Waals surface area contributed by atoms with E-state index in [1.807, 2.05) is 0 Å². The van der Waals surface area contributed by atoms with Crippen LogP contribution < -0.4 is 15.8 Å². The second-order valence-electron chi connectivity index (χ2n) is 8.36. The molecule has 4 rings (SSSR count). The van der Waals surface area contributed by atoms with Gasteiger partial charge in [0.05, 0.1) is 25.6 Å². The van der Waals surface area contributed by atoms with Crippen LogP contribution in [0.3, 0.4) is 0 Å². The van der Waals surface area contributed by atoms with Crippen molar-refractivity contribution in [2.75, 3.05) is 25.1 Å². The van der Waals surface area contributed by atoms with E-state index in [-0.39, 0.29) is 48.5 Å². The van der Waals surface area contributed by atoms with Gasteiger partial charge in [-0.3, -0.25) is 9.79 Å². The highest BCUT2D eigenvalue weighted by Gasteiger charge is 2.62. The summed E-state index contributed by atoms with van der Waals surface area (Å²) >= 11 is 0. The lowest BCUT2D eigenvalue weighted by atomic mass is 9.87. The number of nitrogens with zero attached hydrogens (tertiary/aromatic N) is 3. The molecule has 1 amide bonds. The molecule has 34 heavy (non-hydrogen) atoms. The van der Waals surface area contributed by atoms with Crippen molar-refractivity contribution in [3.63, 3.8) is 0 Å². The number of hydrogen-bond acceptors (Lipinski definition) is 9. The fourth-order valence-corrected chi connectivity index (χ4v) is 6.00. The number of aromatic nitrogens is 2. The van der Waals surface area contributed by atoms with E-state index in [4.69, 9.17) is 21.6 Å². The molecule has 0 bridgehead atoms. The molecule has 3 heterocycles. The Morgan fingerprint density at radius 1 is 1.38 bits per heavy atom. The Morgan fingerprint density at radius 2 is 2.15 bits per heavy atom. The summed E-state index contributed by atoms with van der Waals surface area (Å²) in [6, 6.07) is 3.79. The van der Waals surface area contributed by atoms with Crippen LogP contribution in [0.4, 0.5) is 10.1 Å². The van der Waals surface area contributed by atoms with Gasteiger partial charge in [0.25, 0.3) is 5.91 Å². The average Bonchev–Trinajstić information content (AvgIpc) is 3.24. The predicted octanol–water partition coefficient (Wildman–Crippen LogP) is 1.04. The summed E-state index contributed by atoms with van der Waals surface area (Å²) in [6.45, 7) is 2.60. The number of aliphatic imine (C=N–C) groups is 1. The second kappa shape index (κ2) is 8.34. The monoisotopic (exact) mass is 487 g/mol. The van der Waals surface area contributed by atoms with Gasteiger partial charge in [0.2, 0.25) is 5.88 Å². The lowest BCUT2D eigenvalue weighted by Gasteiger charge is -2.41. The molecule has 2 aliphatic rings. The highest BCUT2D eigenvalue weighted by molar-refractivity contribution is 7.94. The number of sulfone groups is 1. The Balaban J connectivity index is 1.67. The zero-order valence-electron chi connectivity index (χ0n) is 18.4. The SMILES string of the molecule is C#CCOc1cnc(C(=O)Nc2ccc(F)c([C@]34COCC3S(=O)(=O)C(C)(C)C(N)=N4)c2)cn1. The number of carbonyl (C=O) groups excluding carboxylic acids is 1. The third kappa shape index (κ3) is 3.66. The van der Waals surface area contributed by atoms with Gasteiger partial charge in [0, 0.05) is 11.3 Å². The van der Waals surface area contributed by atoms with Gasteiger partial charge in [0.1, 0.15) is 32.9 Å². The van der Waals surface area contributed by atoms with E-state index < -0.39 is 37.1 Å². The van der Waals surface area contributed by atoms with Crippen LogP contribution in [0.2, 0.25) is 0 Å². The first-order valence-corrected chi connectivity index (χ1v) is 11.7. The number of nitrogens with one attached hydrogen (secondary N) is 1. The predicted molar refractivity (Wildman–Crippen MR) is 122 cm³/mol. The van der Waals surface area contributed by atoms with Gasteiger partial charge >= 0.3 is 0 Å². The molecule has 2 aliphatic heterocycles. The van der Waals surface area contributed by atoms with Crippen molar-refractivity contribution in [3.05, 3.63) is 47.7 Å². The minimum absolute atomic E-state index is 0.00490. The Kier molecular flexibility index (Phi) is 5.79. The summed E-state index contributed by atoms with van der Waals surface area (Å²) < 4.78 is 50.8. The number of ether oxygens (including phenoxy) is 2. The van der Waals surface area contributed by atoms with Gasteiger partial charge in [-0.15, -0.1) is 6.42 Å². The summed E-state index contributed by atoms with van der Waals surface area (Å²) in [5, 5.41) is 1.47. The lowest BCUT2D eigenvalue weighted by molar-refractivity contribution is 0.102. The third-order valence-corrected chi connectivity index (χ3v) is 8.91. The van der Waals surface area contributed by atoms with E-state index in [2.05, 4.69) is 26.2 Å². The lowest BCUT2D eigenvalue weighted by Crippen LogP contribution is -2.60. The van der Waals surface area contributed by atoms with Crippen LogP contribution in [0.25, 0.3) is 0 Å². The molecule has 1 aromatic heterocycles. The minimum atomic E-state index is -3.88. The number of rotatable bonds is 5. The molecule has 10 nitrogen and oxygen atoms in total. The Morgan fingerprint density at radius 3 is 2.82 bits per heavy atom. The molecular formula is C22H22FN5O5S. The largest absolute Gasteiger partial charge is 0.463 e. The first kappa shape index (κ1) is 23.6. The van der Waals surface area contributed by atoms with Crippen LogP contribution in [-0.2, 0) is 20.1 Å². The standard InChI is InChI=1S/C22H22FN5O5S/c1-4-7-33-18-10-25-16(9-26-18)19(29)27-13-5-6-15(23)14(8-13)22-12-32-11-17(22)34(30,31)21(2,3)20(24)28-22/h1,5-6,8-10,17H,7,11-12H2,2-3H3,(H2,24,28)(H,27,29)/t17?,22-/m1/s1. The number of fused-ring (bicyclic) bond motifs is 1. The molecule has 1 unspecified atom stereocenters. The minimum Gasteiger partial charge on any atom is -0.463 e. The maximum atomic E-state index is 15.0. The summed E-state index contributed by atoms with van der Waals surface area (Å²) in [4.78, 5) is 25.0. The van der Waals surface area contributed by atoms with Gasteiger partial charge < -0.3 is 20.5 Å². The Hall–Kier alpha value is -3.56. The third-order valence-electron chi connectivity index (χ3n) is 6.00. The van der Waals surface area contributed by atoms with Crippen molar-refractivity contribution in [1.82, 2.24) is 9.97 Å². The smallest absolute Gasteiger partial charge is 0.275 e. The number of benzene rings is 1. The number of terminal acetylenes is 1. The molecule has 0 radical (unpaired) electrons. The molecule has 12 heteroatoms. The number of amidine groups is 1. The first-order valence-electron chi connectivity index (χ1n) is 10.2. The average molecular weight is 488 g/mol. The summed E-state index contributed by atoms with van der Waals surface area (Å²) in [7, 11) is -3.88. The van der Waals surface area contributed by atoms with Crippen LogP contribution in [-0.4, -0.2) is 59.9 Å². The zero-order chi connectivity index (χ0) is 24.7. The van der Waals surface area contributed by atoms with Crippen molar-refractivity contribution in [3.8, 4) is 18.2 Å². The number of nitrogens with two attached hydrogens (primary N) is 1. The number of halogens is 1. The van der Waals surface area contributed by atoms with E-state index in [1.165, 1.54) is 38.4 Å². The van der Waals surface area contributed by atoms with Gasteiger partial charge in [0.15, 0.2) is 16.4 Å². The van der Waals surface area contributed by atoms with E-state index >= 15 is 4.39 Å². The molecule has 1 fully saturated rings. The quantitative estimate of drug-likeness (QED) is 0.595. The van der Waals surface area contributed by atoms with Gasteiger partial charge in [-0.05, 0) is 32.0 Å². The van der Waals surface area contributed by atoms with Crippen molar-refractivity contribution in [2.24, 2.45) is 10.7 Å². The fraction of sp³-hybridized carbons (Fsp3) is 0.364. The van der Waals surface area contributed by atoms with Crippen molar-refractivity contribution >= 4 is 27.3 Å². The normalized spacial score (nSPS) is 24.4. The summed E-state index contributed by atoms with van der Waals surface area (Å²) in [5.41, 5.74) is 4.60. The molecule has 3 N–H and O–H groups in total. The first-order chi connectivity index (χ1) is 16.0. The number of anilines is 1. The number of amides is 1. The molecule has 1 aromatic carbocycles. The van der Waals surface area contributed by atoms with E-state index in [0.29, 0.717) is 0 Å². The Labute approximate surface area is 195 Å². The fourth-order valence-electron chi connectivity index (χ4n) is 3.92. The van der Waals surface area contributed by atoms with Gasteiger partial charge in [-0.25, -0.2) is 22.8 Å². The molecule has 1 saturated heterocycles. The van der Waals surface area contributed by atoms with E-state index in [1.54, 1.807) is 0 Å². The summed E-state index contributed by atoms with van der Waals surface area (Å²) in [6.07, 6.45) is 7.56. The van der Waals surface area contributed by atoms with Crippen LogP contribution in [0.5, 0.6) is 5.88 Å². The highest BCUT2D eigenvalue weighted by atomic mass is 32.2. The molecule has 178 valence electrons. The van der Waals surface area contributed by atoms with Crippen LogP contribution in [0.15, 0.2) is 35.6 Å². The molecule has 0 spiro atoms. The van der Waals surface area contributed by atoms with E-state index in [9.17, 15) is 13.2 Å². The Bertz CT molecular complexity index is 1320. The van der Waals surface area contributed by atoms with Crippen LogP contribution in [0.1, 0.15) is 29.9 Å². The van der Waals surface area contributed by atoms with Crippen LogP contribution >= 0.6 is 0 Å². The maximum absolute atomic E-state index is 15.0. The topological polar surface area (TPSA) is 146 Å². The van der Waals surface area contributed by atoms with Crippen LogP contribution in [0, 0.1) is 18.2 Å². The van der Waals surface area contributed by atoms with Crippen molar-refractivity contribution in [2.45, 2.75) is 29.4 Å². The summed E-state index contributed by atoms with van der Waals surface area (Å²) in [5.74, 6) is 0.989. The van der Waals surface area contributed by atoms with Crippen molar-refractivity contribution < 1.29 is 27.1 Å². The maximum Gasteiger partial charge on any atom is 0.275 e. The second-order valence-corrected chi connectivity index (χ2v) is 11.0. The molecular weight excluding hydrogens is 465 g/mol. The highest BCUT2D eigenvalue weighted by Crippen LogP contribution is 2.47. The van der Waals surface area contributed by atoms with Gasteiger partial charge in [-0.2, -0.15) is 0 Å². The van der Waals surface area contributed by atoms with Crippen molar-refractivity contribution in [1.29, 1.82) is 0 Å².